The molecule has 0 heteroatoms. The fraction of sp³-hybridized carbons (Fsp3) is 0.0667. The summed E-state index contributed by atoms with van der Waals surface area (Å²) in [6.45, 7) is 0. The molecular weight excluding hydrogens is 180 g/mol. The van der Waals surface area contributed by atoms with Gasteiger partial charge in [-0.2, -0.15) is 5.56 Å². The van der Waals surface area contributed by atoms with Crippen LogP contribution in [-0.2, 0) is 0 Å². The molecule has 0 nitrogen and oxygen atoms in total. The minimum Gasteiger partial charge on any atom is -0.290 e. The van der Waals surface area contributed by atoms with Crippen molar-refractivity contribution in [2.45, 2.75) is 5.92 Å². The second kappa shape index (κ2) is 3.39. The molecule has 74 valence electrons. The highest BCUT2D eigenvalue weighted by molar-refractivity contribution is 5.70. The summed E-state index contributed by atoms with van der Waals surface area (Å²) in [4.78, 5) is 0. The van der Waals surface area contributed by atoms with Crippen molar-refractivity contribution >= 4 is 0 Å². The first kappa shape index (κ1) is 8.49. The van der Waals surface area contributed by atoms with Crippen molar-refractivity contribution in [1.82, 2.24) is 0 Å². The molecule has 3 rings (SSSR count). The maximum absolute atomic E-state index is 2.24. The molecule has 0 spiro atoms. The van der Waals surface area contributed by atoms with Crippen molar-refractivity contribution in [2.24, 2.45) is 0 Å². The van der Waals surface area contributed by atoms with E-state index in [9.17, 15) is 0 Å². The van der Waals surface area contributed by atoms with Crippen LogP contribution in [0.4, 0.5) is 0 Å². The van der Waals surface area contributed by atoms with E-state index in [0.29, 0.717) is 5.92 Å². The van der Waals surface area contributed by atoms with Crippen LogP contribution in [0.5, 0.6) is 0 Å². The molecule has 15 heavy (non-hydrogen) atoms. The van der Waals surface area contributed by atoms with Gasteiger partial charge < -0.3 is 0 Å². The van der Waals surface area contributed by atoms with Crippen molar-refractivity contribution in [2.75, 3.05) is 0 Å². The first-order chi connectivity index (χ1) is 7.45. The summed E-state index contributed by atoms with van der Waals surface area (Å²) < 4.78 is 0. The van der Waals surface area contributed by atoms with Crippen molar-refractivity contribution in [3.8, 4) is 11.1 Å². The van der Waals surface area contributed by atoms with Gasteiger partial charge in [-0.25, -0.2) is 12.1 Å². The summed E-state index contributed by atoms with van der Waals surface area (Å²) >= 11 is 0. The average Bonchev–Trinajstić information content (AvgIpc) is 3.01. The van der Waals surface area contributed by atoms with Crippen LogP contribution in [0.25, 0.3) is 11.1 Å². The highest BCUT2D eigenvalue weighted by atomic mass is 14.2. The van der Waals surface area contributed by atoms with Crippen LogP contribution in [-0.4, -0.2) is 0 Å². The maximum Gasteiger partial charge on any atom is -0.0622 e. The van der Waals surface area contributed by atoms with Gasteiger partial charge in [-0.15, -0.1) is 12.1 Å². The lowest BCUT2D eigenvalue weighted by atomic mass is 9.97. The molecule has 2 aromatic carbocycles. The van der Waals surface area contributed by atoms with Gasteiger partial charge in [0.25, 0.3) is 0 Å². The van der Waals surface area contributed by atoms with E-state index in [2.05, 4.69) is 66.8 Å². The van der Waals surface area contributed by atoms with E-state index < -0.39 is 0 Å². The lowest BCUT2D eigenvalue weighted by molar-refractivity contribution is 1.12. The summed E-state index contributed by atoms with van der Waals surface area (Å²) in [7, 11) is 0. The first-order valence-electron chi connectivity index (χ1n) is 5.28. The van der Waals surface area contributed by atoms with Gasteiger partial charge >= 0.3 is 0 Å². The fourth-order valence-electron chi connectivity index (χ4n) is 2.18. The van der Waals surface area contributed by atoms with Gasteiger partial charge in [-0.05, 0) is 0 Å². The molecule has 0 saturated heterocycles. The molecule has 0 radical (unpaired) electrons. The third-order valence-electron chi connectivity index (χ3n) is 2.93. The highest BCUT2D eigenvalue weighted by Gasteiger charge is 1.99. The summed E-state index contributed by atoms with van der Waals surface area (Å²) in [5.41, 5.74) is 4.09. The van der Waals surface area contributed by atoms with E-state index in [1.54, 1.807) is 0 Å². The monoisotopic (exact) mass is 192 g/mol. The standard InChI is InChI=1S/C15H12/c1-2-7-12(6-1)14-10-5-11-15(14)13-8-3-4-9-13/h1-12H/q-2. The van der Waals surface area contributed by atoms with Gasteiger partial charge in [0.1, 0.15) is 0 Å². The van der Waals surface area contributed by atoms with Crippen molar-refractivity contribution in [3.63, 3.8) is 0 Å². The molecule has 1 aliphatic carbocycles. The van der Waals surface area contributed by atoms with Crippen LogP contribution in [0, 0.1) is 0 Å². The molecule has 2 aromatic rings. The van der Waals surface area contributed by atoms with Gasteiger partial charge in [0.15, 0.2) is 0 Å². The predicted molar refractivity (Wildman–Crippen MR) is 64.1 cm³/mol. The lowest BCUT2D eigenvalue weighted by Gasteiger charge is -2.24. The molecule has 0 unspecified atom stereocenters. The van der Waals surface area contributed by atoms with Crippen LogP contribution in [0.3, 0.4) is 0 Å². The van der Waals surface area contributed by atoms with Crippen LogP contribution in [0.2, 0.25) is 0 Å². The van der Waals surface area contributed by atoms with Gasteiger partial charge in [0.2, 0.25) is 0 Å². The summed E-state index contributed by atoms with van der Waals surface area (Å²) in [5.74, 6) is 0.463. The van der Waals surface area contributed by atoms with Crippen LogP contribution in [0.1, 0.15) is 11.5 Å². The third-order valence-corrected chi connectivity index (χ3v) is 2.93. The number of allylic oxidation sites excluding steroid dienone is 4. The van der Waals surface area contributed by atoms with E-state index in [0.717, 1.165) is 0 Å². The van der Waals surface area contributed by atoms with Gasteiger partial charge in [0.05, 0.1) is 0 Å². The average molecular weight is 192 g/mol. The normalized spacial score (nSPS) is 15.2. The summed E-state index contributed by atoms with van der Waals surface area (Å²) in [6, 6.07) is 15.1. The van der Waals surface area contributed by atoms with E-state index in [1.165, 1.54) is 16.7 Å². The number of hydrogen-bond donors (Lipinski definition) is 0. The first-order valence-corrected chi connectivity index (χ1v) is 5.28. The Labute approximate surface area is 89.9 Å². The Morgan fingerprint density at radius 2 is 1.80 bits per heavy atom. The third kappa shape index (κ3) is 1.39. The molecule has 0 fully saturated rings. The molecule has 0 amide bonds. The lowest BCUT2D eigenvalue weighted by Crippen LogP contribution is -1.88. The zero-order valence-electron chi connectivity index (χ0n) is 8.43. The highest BCUT2D eigenvalue weighted by Crippen LogP contribution is 2.33. The second-order valence-corrected chi connectivity index (χ2v) is 3.86. The van der Waals surface area contributed by atoms with Gasteiger partial charge in [-0.3, -0.25) is 17.2 Å². The van der Waals surface area contributed by atoms with Crippen molar-refractivity contribution < 1.29 is 0 Å². The summed E-state index contributed by atoms with van der Waals surface area (Å²) in [5, 5.41) is 0. The zero-order chi connectivity index (χ0) is 10.1. The molecule has 0 atom stereocenters. The minimum absolute atomic E-state index is 0.463. The summed E-state index contributed by atoms with van der Waals surface area (Å²) in [6.07, 6.45) is 8.71. The molecule has 0 N–H and O–H groups in total. The molecule has 0 saturated carbocycles. The largest absolute Gasteiger partial charge is 0.290 e. The van der Waals surface area contributed by atoms with Gasteiger partial charge in [0, 0.05) is 0 Å². The molecule has 0 aliphatic heterocycles. The molecule has 0 heterocycles. The molecule has 1 aliphatic rings. The van der Waals surface area contributed by atoms with Crippen LogP contribution < -0.4 is 0 Å². The topological polar surface area (TPSA) is 0 Å². The Balaban J connectivity index is 2.06. The Morgan fingerprint density at radius 3 is 2.53 bits per heavy atom. The Morgan fingerprint density at radius 1 is 1.07 bits per heavy atom. The van der Waals surface area contributed by atoms with Crippen molar-refractivity contribution in [3.05, 3.63) is 72.3 Å². The van der Waals surface area contributed by atoms with E-state index >= 15 is 0 Å². The Kier molecular flexibility index (Phi) is 1.92. The second-order valence-electron chi connectivity index (χ2n) is 3.86. The number of rotatable bonds is 2. The molecule has 0 aromatic heterocycles. The molecule has 0 bridgehead atoms. The Bertz CT molecular complexity index is 480. The SMILES string of the molecule is C1=CC(c2cc[cH-]c2-[c-]2cccc2)C=C1. The maximum atomic E-state index is 2.24. The van der Waals surface area contributed by atoms with Crippen molar-refractivity contribution in [1.29, 1.82) is 0 Å². The van der Waals surface area contributed by atoms with E-state index in [-0.39, 0.29) is 0 Å². The van der Waals surface area contributed by atoms with Crippen LogP contribution in [0.15, 0.2) is 66.8 Å². The fourth-order valence-corrected chi connectivity index (χ4v) is 2.18. The van der Waals surface area contributed by atoms with E-state index in [4.69, 9.17) is 0 Å². The molecular formula is C15H12-2. The quantitative estimate of drug-likeness (QED) is 0.631. The smallest absolute Gasteiger partial charge is 0.0622 e. The van der Waals surface area contributed by atoms with Crippen LogP contribution >= 0.6 is 0 Å². The minimum atomic E-state index is 0.463. The zero-order valence-corrected chi connectivity index (χ0v) is 8.43. The Hall–Kier alpha value is -1.82. The van der Waals surface area contributed by atoms with Gasteiger partial charge in [-0.1, -0.05) is 42.4 Å². The number of hydrogen-bond acceptors (Lipinski definition) is 0. The predicted octanol–water partition coefficient (Wildman–Crippen LogP) is 4.00. The van der Waals surface area contributed by atoms with E-state index in [1.807, 2.05) is 0 Å².